The third-order valence-electron chi connectivity index (χ3n) is 3.70. The van der Waals surface area contributed by atoms with Gasteiger partial charge in [-0.25, -0.2) is 0 Å². The van der Waals surface area contributed by atoms with Gasteiger partial charge in [-0.2, -0.15) is 0 Å². The Labute approximate surface area is 64.0 Å². The molecule has 60 valence electrons. The van der Waals surface area contributed by atoms with Gasteiger partial charge in [0.1, 0.15) is 0 Å². The minimum Gasteiger partial charge on any atom is -0.327 e. The van der Waals surface area contributed by atoms with Crippen LogP contribution in [-0.4, -0.2) is 6.04 Å². The van der Waals surface area contributed by atoms with Crippen LogP contribution in [0.2, 0.25) is 0 Å². The van der Waals surface area contributed by atoms with Crippen LogP contribution in [0.4, 0.5) is 0 Å². The van der Waals surface area contributed by atoms with Crippen LogP contribution >= 0.6 is 0 Å². The van der Waals surface area contributed by atoms with Crippen LogP contribution in [0.5, 0.6) is 0 Å². The molecule has 0 bridgehead atoms. The number of hydrogen-bond acceptors (Lipinski definition) is 1. The summed E-state index contributed by atoms with van der Waals surface area (Å²) in [7, 11) is 0. The number of hydrogen-bond donors (Lipinski definition) is 1. The van der Waals surface area contributed by atoms with Gasteiger partial charge in [0.05, 0.1) is 0 Å². The second-order valence-corrected chi connectivity index (χ2v) is 4.01. The van der Waals surface area contributed by atoms with E-state index in [1.54, 1.807) is 0 Å². The van der Waals surface area contributed by atoms with Gasteiger partial charge < -0.3 is 5.73 Å². The van der Waals surface area contributed by atoms with E-state index < -0.39 is 0 Å². The minimum atomic E-state index is 0.435. The lowest BCUT2D eigenvalue weighted by Gasteiger charge is -2.14. The zero-order valence-corrected chi connectivity index (χ0v) is 7.46. The average molecular weight is 141 g/mol. The fourth-order valence-corrected chi connectivity index (χ4v) is 2.14. The van der Waals surface area contributed by atoms with Crippen LogP contribution in [0.25, 0.3) is 0 Å². The molecule has 1 fully saturated rings. The lowest BCUT2D eigenvalue weighted by atomic mass is 9.92. The van der Waals surface area contributed by atoms with Gasteiger partial charge >= 0.3 is 0 Å². The summed E-state index contributed by atoms with van der Waals surface area (Å²) >= 11 is 0. The summed E-state index contributed by atoms with van der Waals surface area (Å²) in [6.45, 7) is 9.18. The summed E-state index contributed by atoms with van der Waals surface area (Å²) in [4.78, 5) is 0. The molecule has 1 heteroatoms. The molecule has 0 aliphatic heterocycles. The summed E-state index contributed by atoms with van der Waals surface area (Å²) in [5, 5.41) is 0. The van der Waals surface area contributed by atoms with Crippen LogP contribution in [0.1, 0.15) is 27.7 Å². The van der Waals surface area contributed by atoms with Crippen molar-refractivity contribution in [2.24, 2.45) is 29.4 Å². The predicted octanol–water partition coefficient (Wildman–Crippen LogP) is 1.87. The molecule has 2 N–H and O–H groups in total. The summed E-state index contributed by atoms with van der Waals surface area (Å²) in [6.07, 6.45) is 0. The molecule has 1 aliphatic carbocycles. The molecular formula is C9H19N. The molecule has 0 aromatic carbocycles. The van der Waals surface area contributed by atoms with Crippen LogP contribution in [0.15, 0.2) is 0 Å². The maximum atomic E-state index is 6.00. The van der Waals surface area contributed by atoms with Crippen LogP contribution in [-0.2, 0) is 0 Å². The topological polar surface area (TPSA) is 26.0 Å². The average Bonchev–Trinajstić information content (AvgIpc) is 2.07. The van der Waals surface area contributed by atoms with Crippen molar-refractivity contribution in [2.75, 3.05) is 0 Å². The largest absolute Gasteiger partial charge is 0.327 e. The predicted molar refractivity (Wildman–Crippen MR) is 44.6 cm³/mol. The van der Waals surface area contributed by atoms with E-state index in [9.17, 15) is 0 Å². The summed E-state index contributed by atoms with van der Waals surface area (Å²) < 4.78 is 0. The molecular weight excluding hydrogens is 122 g/mol. The van der Waals surface area contributed by atoms with Crippen molar-refractivity contribution in [3.63, 3.8) is 0 Å². The highest BCUT2D eigenvalue weighted by Crippen LogP contribution is 2.39. The van der Waals surface area contributed by atoms with E-state index in [-0.39, 0.29) is 0 Å². The van der Waals surface area contributed by atoms with E-state index in [2.05, 4.69) is 27.7 Å². The highest BCUT2D eigenvalue weighted by atomic mass is 14.7. The molecule has 1 rings (SSSR count). The van der Waals surface area contributed by atoms with E-state index >= 15 is 0 Å². The SMILES string of the molecule is CC1C(C)C(C)C(N)C1C. The zero-order valence-electron chi connectivity index (χ0n) is 7.46. The first-order valence-electron chi connectivity index (χ1n) is 4.31. The summed E-state index contributed by atoms with van der Waals surface area (Å²) in [5.74, 6) is 3.05. The van der Waals surface area contributed by atoms with Crippen LogP contribution in [0.3, 0.4) is 0 Å². The van der Waals surface area contributed by atoms with Crippen molar-refractivity contribution in [1.82, 2.24) is 0 Å². The Bertz CT molecular complexity index is 77.1. The molecule has 0 heterocycles. The molecule has 0 amide bonds. The van der Waals surface area contributed by atoms with E-state index in [0.717, 1.165) is 11.8 Å². The molecule has 0 aromatic rings. The third-order valence-corrected chi connectivity index (χ3v) is 3.70. The van der Waals surface area contributed by atoms with Crippen LogP contribution < -0.4 is 5.73 Å². The smallest absolute Gasteiger partial charge is 0.00956 e. The van der Waals surface area contributed by atoms with Crippen molar-refractivity contribution >= 4 is 0 Å². The van der Waals surface area contributed by atoms with Crippen molar-refractivity contribution in [2.45, 2.75) is 33.7 Å². The van der Waals surface area contributed by atoms with Crippen molar-refractivity contribution in [3.05, 3.63) is 0 Å². The van der Waals surface area contributed by atoms with E-state index in [0.29, 0.717) is 17.9 Å². The lowest BCUT2D eigenvalue weighted by molar-refractivity contribution is 0.352. The first-order chi connectivity index (χ1) is 4.55. The molecule has 1 saturated carbocycles. The molecule has 4 atom stereocenters. The van der Waals surface area contributed by atoms with E-state index in [1.807, 2.05) is 0 Å². The molecule has 0 radical (unpaired) electrons. The van der Waals surface area contributed by atoms with Gasteiger partial charge in [0.25, 0.3) is 0 Å². The Hall–Kier alpha value is -0.0400. The van der Waals surface area contributed by atoms with Gasteiger partial charge in [-0.05, 0) is 23.7 Å². The van der Waals surface area contributed by atoms with Crippen molar-refractivity contribution < 1.29 is 0 Å². The Balaban J connectivity index is 2.68. The highest BCUT2D eigenvalue weighted by molar-refractivity contribution is 4.91. The van der Waals surface area contributed by atoms with Crippen molar-refractivity contribution in [1.29, 1.82) is 0 Å². The fraction of sp³-hybridized carbons (Fsp3) is 1.00. The van der Waals surface area contributed by atoms with E-state index in [1.165, 1.54) is 0 Å². The molecule has 10 heavy (non-hydrogen) atoms. The normalized spacial score (nSPS) is 55.5. The Morgan fingerprint density at radius 2 is 1.00 bits per heavy atom. The quantitative estimate of drug-likeness (QED) is 0.547. The van der Waals surface area contributed by atoms with Gasteiger partial charge in [-0.3, -0.25) is 0 Å². The van der Waals surface area contributed by atoms with Crippen LogP contribution in [0, 0.1) is 23.7 Å². The van der Waals surface area contributed by atoms with Gasteiger partial charge in [0.15, 0.2) is 0 Å². The minimum absolute atomic E-state index is 0.435. The maximum absolute atomic E-state index is 6.00. The van der Waals surface area contributed by atoms with Gasteiger partial charge in [0, 0.05) is 6.04 Å². The molecule has 1 nitrogen and oxygen atoms in total. The molecule has 4 unspecified atom stereocenters. The number of rotatable bonds is 0. The zero-order chi connectivity index (χ0) is 7.89. The highest BCUT2D eigenvalue weighted by Gasteiger charge is 2.38. The molecule has 0 spiro atoms. The Morgan fingerprint density at radius 3 is 1.10 bits per heavy atom. The lowest BCUT2D eigenvalue weighted by Crippen LogP contribution is -2.29. The maximum Gasteiger partial charge on any atom is 0.00956 e. The second kappa shape index (κ2) is 2.54. The second-order valence-electron chi connectivity index (χ2n) is 4.01. The number of nitrogens with two attached hydrogens (primary N) is 1. The Morgan fingerprint density at radius 1 is 0.700 bits per heavy atom. The summed E-state index contributed by atoms with van der Waals surface area (Å²) in [6, 6.07) is 0.435. The molecule has 0 aromatic heterocycles. The standard InChI is InChI=1S/C9H19N/c1-5-6(2)8(4)9(10)7(5)3/h5-9H,10H2,1-4H3. The van der Waals surface area contributed by atoms with Gasteiger partial charge in [-0.15, -0.1) is 0 Å². The first-order valence-corrected chi connectivity index (χ1v) is 4.31. The first kappa shape index (κ1) is 8.06. The van der Waals surface area contributed by atoms with Gasteiger partial charge in [-0.1, -0.05) is 27.7 Å². The monoisotopic (exact) mass is 141 g/mol. The molecule has 0 saturated heterocycles. The molecule has 1 aliphatic rings. The van der Waals surface area contributed by atoms with Crippen molar-refractivity contribution in [3.8, 4) is 0 Å². The Kier molecular flexibility index (Phi) is 2.04. The van der Waals surface area contributed by atoms with Gasteiger partial charge in [0.2, 0.25) is 0 Å². The van der Waals surface area contributed by atoms with E-state index in [4.69, 9.17) is 5.73 Å². The summed E-state index contributed by atoms with van der Waals surface area (Å²) in [5.41, 5.74) is 6.00. The third kappa shape index (κ3) is 0.968. The fourth-order valence-electron chi connectivity index (χ4n) is 2.14.